The average Bonchev–Trinajstić information content (AvgIpc) is 2.30. The molecule has 0 aromatic carbocycles. The molecule has 2 rings (SSSR count). The van der Waals surface area contributed by atoms with Crippen LogP contribution in [0.25, 0.3) is 0 Å². The molecule has 3 nitrogen and oxygen atoms in total. The third-order valence-corrected chi connectivity index (χ3v) is 5.36. The Morgan fingerprint density at radius 1 is 1.06 bits per heavy atom. The van der Waals surface area contributed by atoms with E-state index in [1.54, 1.807) is 0 Å². The van der Waals surface area contributed by atoms with Gasteiger partial charge in [-0.1, -0.05) is 26.7 Å². The van der Waals surface area contributed by atoms with Crippen LogP contribution in [0, 0.1) is 16.7 Å². The van der Waals surface area contributed by atoms with Crippen molar-refractivity contribution in [3.8, 4) is 0 Å². The Bertz CT molecular complexity index is 312. The summed E-state index contributed by atoms with van der Waals surface area (Å²) in [6.45, 7) is 4.44. The zero-order valence-electron chi connectivity index (χ0n) is 11.6. The smallest absolute Gasteiger partial charge is 0.310 e. The van der Waals surface area contributed by atoms with Gasteiger partial charge in [0.05, 0.1) is 11.5 Å². The summed E-state index contributed by atoms with van der Waals surface area (Å²) < 4.78 is 0. The van der Waals surface area contributed by atoms with Crippen LogP contribution in [-0.4, -0.2) is 22.3 Å². The standard InChI is InChI=1S/C15H26O3/c1-14(2)7-9-15(10-8-14,13(17)18)11-5-3-4-6-12(11)16/h11-12,16H,3-10H2,1-2H3,(H,17,18). The summed E-state index contributed by atoms with van der Waals surface area (Å²) in [4.78, 5) is 11.8. The molecule has 2 aliphatic carbocycles. The first-order valence-electron chi connectivity index (χ1n) is 7.29. The van der Waals surface area contributed by atoms with Crippen LogP contribution in [0.4, 0.5) is 0 Å². The van der Waals surface area contributed by atoms with Gasteiger partial charge >= 0.3 is 5.97 Å². The minimum atomic E-state index is -0.677. The Morgan fingerprint density at radius 3 is 2.11 bits per heavy atom. The SMILES string of the molecule is CC1(C)CCC(C(=O)O)(C2CCCCC2O)CC1. The maximum Gasteiger partial charge on any atom is 0.310 e. The number of hydrogen-bond donors (Lipinski definition) is 2. The lowest BCUT2D eigenvalue weighted by Gasteiger charge is -2.47. The van der Waals surface area contributed by atoms with Gasteiger partial charge < -0.3 is 10.2 Å². The predicted octanol–water partition coefficient (Wildman–Crippen LogP) is 3.21. The van der Waals surface area contributed by atoms with Crippen LogP contribution in [0.2, 0.25) is 0 Å². The van der Waals surface area contributed by atoms with Crippen molar-refractivity contribution in [3.05, 3.63) is 0 Å². The quantitative estimate of drug-likeness (QED) is 0.795. The van der Waals surface area contributed by atoms with Gasteiger partial charge in [0.25, 0.3) is 0 Å². The highest BCUT2D eigenvalue weighted by Gasteiger charge is 2.51. The minimum Gasteiger partial charge on any atom is -0.481 e. The Balaban J connectivity index is 2.20. The topological polar surface area (TPSA) is 57.5 Å². The van der Waals surface area contributed by atoms with Crippen LogP contribution in [0.15, 0.2) is 0 Å². The fraction of sp³-hybridized carbons (Fsp3) is 0.933. The molecule has 0 radical (unpaired) electrons. The molecule has 0 amide bonds. The van der Waals surface area contributed by atoms with Crippen LogP contribution in [0.5, 0.6) is 0 Å². The summed E-state index contributed by atoms with van der Waals surface area (Å²) in [5.74, 6) is -0.705. The fourth-order valence-electron chi connectivity index (χ4n) is 3.87. The van der Waals surface area contributed by atoms with Gasteiger partial charge in [-0.05, 0) is 43.9 Å². The molecule has 2 aliphatic rings. The van der Waals surface area contributed by atoms with E-state index >= 15 is 0 Å². The monoisotopic (exact) mass is 254 g/mol. The van der Waals surface area contributed by atoms with Gasteiger partial charge in [-0.15, -0.1) is 0 Å². The van der Waals surface area contributed by atoms with Gasteiger partial charge in [0.15, 0.2) is 0 Å². The molecule has 3 heteroatoms. The first-order chi connectivity index (χ1) is 8.37. The number of carboxylic acid groups (broad SMARTS) is 1. The summed E-state index contributed by atoms with van der Waals surface area (Å²) in [7, 11) is 0. The number of carbonyl (C=O) groups is 1. The molecule has 104 valence electrons. The van der Waals surface area contributed by atoms with E-state index in [-0.39, 0.29) is 11.3 Å². The van der Waals surface area contributed by atoms with E-state index in [2.05, 4.69) is 13.8 Å². The Morgan fingerprint density at radius 2 is 1.61 bits per heavy atom. The molecular weight excluding hydrogens is 228 g/mol. The highest BCUT2D eigenvalue weighted by Crippen LogP contribution is 2.52. The summed E-state index contributed by atoms with van der Waals surface area (Å²) in [6, 6.07) is 0. The van der Waals surface area contributed by atoms with Crippen molar-refractivity contribution in [3.63, 3.8) is 0 Å². The number of aliphatic hydroxyl groups excluding tert-OH is 1. The lowest BCUT2D eigenvalue weighted by atomic mass is 9.57. The molecule has 0 heterocycles. The Kier molecular flexibility index (Phi) is 3.72. The van der Waals surface area contributed by atoms with Crippen molar-refractivity contribution in [1.82, 2.24) is 0 Å². The van der Waals surface area contributed by atoms with Crippen LogP contribution in [-0.2, 0) is 4.79 Å². The van der Waals surface area contributed by atoms with E-state index in [1.165, 1.54) is 0 Å². The molecule has 0 aliphatic heterocycles. The van der Waals surface area contributed by atoms with Gasteiger partial charge in [-0.2, -0.15) is 0 Å². The first kappa shape index (κ1) is 13.9. The molecular formula is C15H26O3. The zero-order valence-corrected chi connectivity index (χ0v) is 11.6. The summed E-state index contributed by atoms with van der Waals surface area (Å²) in [5, 5.41) is 19.9. The van der Waals surface area contributed by atoms with Crippen molar-refractivity contribution in [2.45, 2.75) is 71.3 Å². The second-order valence-electron chi connectivity index (χ2n) is 7.08. The average molecular weight is 254 g/mol. The first-order valence-corrected chi connectivity index (χ1v) is 7.29. The maximum absolute atomic E-state index is 11.8. The highest BCUT2D eigenvalue weighted by atomic mass is 16.4. The van der Waals surface area contributed by atoms with Crippen LogP contribution in [0.3, 0.4) is 0 Å². The summed E-state index contributed by atoms with van der Waals surface area (Å²) in [6.07, 6.45) is 6.76. The summed E-state index contributed by atoms with van der Waals surface area (Å²) in [5.41, 5.74) is -0.395. The van der Waals surface area contributed by atoms with E-state index < -0.39 is 17.5 Å². The molecule has 2 saturated carbocycles. The lowest BCUT2D eigenvalue weighted by Crippen LogP contribution is -2.48. The largest absolute Gasteiger partial charge is 0.481 e. The maximum atomic E-state index is 11.8. The van der Waals surface area contributed by atoms with E-state index in [0.717, 1.165) is 51.4 Å². The van der Waals surface area contributed by atoms with E-state index in [9.17, 15) is 15.0 Å². The summed E-state index contributed by atoms with van der Waals surface area (Å²) >= 11 is 0. The minimum absolute atomic E-state index is 0.0279. The number of carboxylic acids is 1. The Hall–Kier alpha value is -0.570. The van der Waals surface area contributed by atoms with Gasteiger partial charge in [0, 0.05) is 5.92 Å². The highest BCUT2D eigenvalue weighted by molar-refractivity contribution is 5.75. The third kappa shape index (κ3) is 2.42. The van der Waals surface area contributed by atoms with E-state index in [1.807, 2.05) is 0 Å². The van der Waals surface area contributed by atoms with Crippen LogP contribution < -0.4 is 0 Å². The van der Waals surface area contributed by atoms with Gasteiger partial charge in [0.2, 0.25) is 0 Å². The van der Waals surface area contributed by atoms with Gasteiger partial charge in [0.1, 0.15) is 0 Å². The number of rotatable bonds is 2. The molecule has 2 atom stereocenters. The van der Waals surface area contributed by atoms with Gasteiger partial charge in [-0.3, -0.25) is 4.79 Å². The molecule has 0 spiro atoms. The number of aliphatic carboxylic acids is 1. The molecule has 18 heavy (non-hydrogen) atoms. The molecule has 0 aromatic heterocycles. The molecule has 0 bridgehead atoms. The lowest BCUT2D eigenvalue weighted by molar-refractivity contribution is -0.163. The molecule has 0 saturated heterocycles. The van der Waals surface area contributed by atoms with E-state index in [0.29, 0.717) is 0 Å². The van der Waals surface area contributed by atoms with Crippen LogP contribution >= 0.6 is 0 Å². The van der Waals surface area contributed by atoms with Crippen molar-refractivity contribution in [2.24, 2.45) is 16.7 Å². The molecule has 2 N–H and O–H groups in total. The second-order valence-corrected chi connectivity index (χ2v) is 7.08. The third-order valence-electron chi connectivity index (χ3n) is 5.36. The number of aliphatic hydroxyl groups is 1. The number of hydrogen-bond acceptors (Lipinski definition) is 2. The normalized spacial score (nSPS) is 35.1. The second kappa shape index (κ2) is 4.84. The molecule has 0 aromatic rings. The molecule has 2 unspecified atom stereocenters. The van der Waals surface area contributed by atoms with Gasteiger partial charge in [-0.25, -0.2) is 0 Å². The zero-order chi connectivity index (χ0) is 13.4. The van der Waals surface area contributed by atoms with Crippen molar-refractivity contribution < 1.29 is 15.0 Å². The van der Waals surface area contributed by atoms with Crippen molar-refractivity contribution in [1.29, 1.82) is 0 Å². The van der Waals surface area contributed by atoms with E-state index in [4.69, 9.17) is 0 Å². The fourth-order valence-corrected chi connectivity index (χ4v) is 3.87. The predicted molar refractivity (Wildman–Crippen MR) is 70.3 cm³/mol. The Labute approximate surface area is 110 Å². The van der Waals surface area contributed by atoms with Crippen LogP contribution in [0.1, 0.15) is 65.2 Å². The molecule has 2 fully saturated rings. The van der Waals surface area contributed by atoms with Crippen molar-refractivity contribution in [2.75, 3.05) is 0 Å². The van der Waals surface area contributed by atoms with Crippen molar-refractivity contribution >= 4 is 5.97 Å².